The summed E-state index contributed by atoms with van der Waals surface area (Å²) in [5.74, 6) is 0.365. The van der Waals surface area contributed by atoms with E-state index in [-0.39, 0.29) is 36.6 Å². The molecular formula is C25H30ClN5O3. The van der Waals surface area contributed by atoms with Gasteiger partial charge in [-0.1, -0.05) is 23.7 Å². The van der Waals surface area contributed by atoms with Gasteiger partial charge in [-0.15, -0.1) is 0 Å². The Labute approximate surface area is 204 Å². The predicted octanol–water partition coefficient (Wildman–Crippen LogP) is 3.37. The number of benzene rings is 1. The van der Waals surface area contributed by atoms with Crippen LogP contribution in [0.25, 0.3) is 11.4 Å². The molecule has 9 heteroatoms. The highest BCUT2D eigenvalue weighted by molar-refractivity contribution is 6.30. The van der Waals surface area contributed by atoms with Gasteiger partial charge in [0.05, 0.1) is 11.7 Å². The summed E-state index contributed by atoms with van der Waals surface area (Å²) in [6, 6.07) is 9.15. The number of nitrogens with zero attached hydrogens (tertiary/aromatic N) is 4. The van der Waals surface area contributed by atoms with Crippen LogP contribution in [-0.2, 0) is 14.4 Å². The van der Waals surface area contributed by atoms with Crippen molar-refractivity contribution < 1.29 is 14.4 Å². The zero-order valence-electron chi connectivity index (χ0n) is 19.6. The Morgan fingerprint density at radius 3 is 2.76 bits per heavy atom. The van der Waals surface area contributed by atoms with E-state index in [4.69, 9.17) is 16.6 Å². The SMILES string of the molecule is CC1(C)C(=O)NCCN1C(=O)CCCC(=O)N1CCC[C@@H]1c1ccnc(-c2cccc(Cl)c2)n1. The summed E-state index contributed by atoms with van der Waals surface area (Å²) in [5, 5.41) is 3.41. The maximum atomic E-state index is 13.0. The number of hydrogen-bond acceptors (Lipinski definition) is 5. The van der Waals surface area contributed by atoms with Crippen LogP contribution >= 0.6 is 11.6 Å². The van der Waals surface area contributed by atoms with Gasteiger partial charge in [0, 0.05) is 49.3 Å². The highest BCUT2D eigenvalue weighted by Crippen LogP contribution is 2.32. The van der Waals surface area contributed by atoms with E-state index in [1.54, 1.807) is 31.0 Å². The van der Waals surface area contributed by atoms with Crippen LogP contribution in [0.2, 0.25) is 5.02 Å². The molecule has 1 aromatic carbocycles. The first kappa shape index (κ1) is 24.1. The van der Waals surface area contributed by atoms with Crippen molar-refractivity contribution in [2.24, 2.45) is 0 Å². The monoisotopic (exact) mass is 483 g/mol. The molecule has 2 aliphatic rings. The first-order chi connectivity index (χ1) is 16.3. The third-order valence-corrected chi connectivity index (χ3v) is 6.84. The van der Waals surface area contributed by atoms with E-state index in [1.807, 2.05) is 29.2 Å². The lowest BCUT2D eigenvalue weighted by atomic mass is 9.98. The maximum Gasteiger partial charge on any atom is 0.245 e. The van der Waals surface area contributed by atoms with Crippen LogP contribution in [0.1, 0.15) is 57.7 Å². The predicted molar refractivity (Wildman–Crippen MR) is 129 cm³/mol. The molecule has 0 unspecified atom stereocenters. The van der Waals surface area contributed by atoms with Gasteiger partial charge in [-0.2, -0.15) is 0 Å². The second-order valence-electron chi connectivity index (χ2n) is 9.27. The normalized spacial score (nSPS) is 19.7. The lowest BCUT2D eigenvalue weighted by Gasteiger charge is -2.41. The zero-order chi connectivity index (χ0) is 24.3. The van der Waals surface area contributed by atoms with Gasteiger partial charge in [0.25, 0.3) is 0 Å². The summed E-state index contributed by atoms with van der Waals surface area (Å²) in [4.78, 5) is 50.5. The third-order valence-electron chi connectivity index (χ3n) is 6.61. The van der Waals surface area contributed by atoms with Crippen LogP contribution in [0.3, 0.4) is 0 Å². The first-order valence-electron chi connectivity index (χ1n) is 11.7. The Kier molecular flexibility index (Phi) is 7.16. The Bertz CT molecular complexity index is 1090. The summed E-state index contributed by atoms with van der Waals surface area (Å²) < 4.78 is 0. The van der Waals surface area contributed by atoms with E-state index in [0.717, 1.165) is 24.1 Å². The molecule has 34 heavy (non-hydrogen) atoms. The molecule has 2 aliphatic heterocycles. The van der Waals surface area contributed by atoms with Crippen molar-refractivity contribution in [3.63, 3.8) is 0 Å². The van der Waals surface area contributed by atoms with Crippen LogP contribution in [-0.4, -0.2) is 62.7 Å². The van der Waals surface area contributed by atoms with E-state index in [1.165, 1.54) is 0 Å². The Morgan fingerprint density at radius 2 is 1.97 bits per heavy atom. The molecule has 1 aromatic heterocycles. The fraction of sp³-hybridized carbons (Fsp3) is 0.480. The smallest absolute Gasteiger partial charge is 0.245 e. The molecule has 1 N–H and O–H groups in total. The highest BCUT2D eigenvalue weighted by atomic mass is 35.5. The summed E-state index contributed by atoms with van der Waals surface area (Å²) in [6.07, 6.45) is 4.44. The minimum atomic E-state index is -0.868. The Balaban J connectivity index is 1.37. The van der Waals surface area contributed by atoms with E-state index in [0.29, 0.717) is 36.9 Å². The lowest BCUT2D eigenvalue weighted by molar-refractivity contribution is -0.149. The molecule has 3 amide bonds. The lowest BCUT2D eigenvalue weighted by Crippen LogP contribution is -2.63. The Morgan fingerprint density at radius 1 is 1.18 bits per heavy atom. The number of hydrogen-bond donors (Lipinski definition) is 1. The molecule has 2 aromatic rings. The number of halogens is 1. The van der Waals surface area contributed by atoms with E-state index < -0.39 is 5.54 Å². The average molecular weight is 484 g/mol. The number of carbonyl (C=O) groups excluding carboxylic acids is 3. The van der Waals surface area contributed by atoms with Gasteiger partial charge in [-0.3, -0.25) is 14.4 Å². The molecule has 2 fully saturated rings. The fourth-order valence-electron chi connectivity index (χ4n) is 4.70. The number of piperazine rings is 1. The molecule has 0 saturated carbocycles. The first-order valence-corrected chi connectivity index (χ1v) is 12.1. The molecule has 1 atom stereocenters. The molecule has 8 nitrogen and oxygen atoms in total. The summed E-state index contributed by atoms with van der Waals surface area (Å²) in [6.45, 7) is 5.12. The van der Waals surface area contributed by atoms with Gasteiger partial charge < -0.3 is 15.1 Å². The molecular weight excluding hydrogens is 454 g/mol. The van der Waals surface area contributed by atoms with Crippen molar-refractivity contribution in [2.75, 3.05) is 19.6 Å². The summed E-state index contributed by atoms with van der Waals surface area (Å²) >= 11 is 6.11. The van der Waals surface area contributed by atoms with Crippen LogP contribution in [0.4, 0.5) is 0 Å². The standard InChI is InChI=1S/C25H30ClN5O3/c1-25(2)24(34)28-13-15-31(25)22(33)10-4-9-21(32)30-14-5-8-20(30)19-11-12-27-23(29-19)17-6-3-7-18(26)16-17/h3,6-7,11-12,16,20H,4-5,8-10,13-15H2,1-2H3,(H,28,34)/t20-/m1/s1. The van der Waals surface area contributed by atoms with Gasteiger partial charge >= 0.3 is 0 Å². The van der Waals surface area contributed by atoms with Gasteiger partial charge in [0.1, 0.15) is 5.54 Å². The largest absolute Gasteiger partial charge is 0.352 e. The van der Waals surface area contributed by atoms with Gasteiger partial charge in [-0.25, -0.2) is 9.97 Å². The topological polar surface area (TPSA) is 95.5 Å². The van der Waals surface area contributed by atoms with Crippen molar-refractivity contribution in [3.05, 3.63) is 47.2 Å². The maximum absolute atomic E-state index is 13.0. The van der Waals surface area contributed by atoms with Gasteiger partial charge in [0.15, 0.2) is 5.82 Å². The van der Waals surface area contributed by atoms with Crippen LogP contribution in [0.5, 0.6) is 0 Å². The summed E-state index contributed by atoms with van der Waals surface area (Å²) in [7, 11) is 0. The van der Waals surface area contributed by atoms with E-state index in [2.05, 4.69) is 10.3 Å². The fourth-order valence-corrected chi connectivity index (χ4v) is 4.89. The quantitative estimate of drug-likeness (QED) is 0.679. The number of carbonyl (C=O) groups is 3. The van der Waals surface area contributed by atoms with Crippen LogP contribution in [0, 0.1) is 0 Å². The molecule has 4 rings (SSSR count). The Hall–Kier alpha value is -3.00. The van der Waals surface area contributed by atoms with E-state index in [9.17, 15) is 14.4 Å². The zero-order valence-corrected chi connectivity index (χ0v) is 20.3. The molecule has 0 radical (unpaired) electrons. The third kappa shape index (κ3) is 5.06. The number of nitrogens with one attached hydrogen (secondary N) is 1. The number of aromatic nitrogens is 2. The van der Waals surface area contributed by atoms with Crippen molar-refractivity contribution >= 4 is 29.3 Å². The van der Waals surface area contributed by atoms with Crippen molar-refractivity contribution in [1.29, 1.82) is 0 Å². The molecule has 0 spiro atoms. The molecule has 2 saturated heterocycles. The molecule has 3 heterocycles. The minimum absolute atomic E-state index is 0.0221. The van der Waals surface area contributed by atoms with Crippen LogP contribution < -0.4 is 5.32 Å². The number of rotatable bonds is 6. The second kappa shape index (κ2) is 10.1. The van der Waals surface area contributed by atoms with Crippen molar-refractivity contribution in [2.45, 2.75) is 57.5 Å². The van der Waals surface area contributed by atoms with Gasteiger partial charge in [-0.05, 0) is 51.3 Å². The van der Waals surface area contributed by atoms with E-state index >= 15 is 0 Å². The van der Waals surface area contributed by atoms with Crippen molar-refractivity contribution in [1.82, 2.24) is 25.1 Å². The highest BCUT2D eigenvalue weighted by Gasteiger charge is 2.40. The molecule has 0 aliphatic carbocycles. The molecule has 180 valence electrons. The van der Waals surface area contributed by atoms with Gasteiger partial charge in [0.2, 0.25) is 17.7 Å². The number of likely N-dealkylation sites (tertiary alicyclic amines) is 1. The second-order valence-corrected chi connectivity index (χ2v) is 9.71. The van der Waals surface area contributed by atoms with Crippen LogP contribution in [0.15, 0.2) is 36.5 Å². The molecule has 0 bridgehead atoms. The number of amides is 3. The summed E-state index contributed by atoms with van der Waals surface area (Å²) in [5.41, 5.74) is 0.777. The average Bonchev–Trinajstić information content (AvgIpc) is 3.31. The minimum Gasteiger partial charge on any atom is -0.352 e. The van der Waals surface area contributed by atoms with Crippen molar-refractivity contribution in [3.8, 4) is 11.4 Å².